The molecule has 0 bridgehead atoms. The monoisotopic (exact) mass is 221 g/mol. The van der Waals surface area contributed by atoms with E-state index in [4.69, 9.17) is 0 Å². The van der Waals surface area contributed by atoms with Gasteiger partial charge in [-0.15, -0.1) is 0 Å². The van der Waals surface area contributed by atoms with Gasteiger partial charge in [0.05, 0.1) is 5.69 Å². The topological polar surface area (TPSA) is 33.1 Å². The van der Waals surface area contributed by atoms with Crippen LogP contribution in [-0.4, -0.2) is 10.1 Å². The highest BCUT2D eigenvalue weighted by Gasteiger charge is 2.13. The zero-order chi connectivity index (χ0) is 11.5. The fraction of sp³-hybridized carbons (Fsp3) is 0.0833. The molecule has 2 aromatic rings. The predicted molar refractivity (Wildman–Crippen MR) is 54.7 cm³/mol. The van der Waals surface area contributed by atoms with E-state index in [1.54, 1.807) is 18.2 Å². The molecule has 2 nitrogen and oxygen atoms in total. The molecule has 0 saturated heterocycles. The van der Waals surface area contributed by atoms with Gasteiger partial charge in [-0.3, -0.25) is 4.98 Å². The minimum Gasteiger partial charge on any atom is -0.382 e. The molecule has 0 radical (unpaired) electrons. The second-order valence-electron chi connectivity index (χ2n) is 3.33. The Hall–Kier alpha value is -1.81. The molecule has 2 rings (SSSR count). The summed E-state index contributed by atoms with van der Waals surface area (Å²) in [6.45, 7) is 0. The highest BCUT2D eigenvalue weighted by atomic mass is 19.2. The zero-order valence-corrected chi connectivity index (χ0v) is 8.27. The summed E-state index contributed by atoms with van der Waals surface area (Å²) in [6.07, 6.45) is 0.481. The summed E-state index contributed by atoms with van der Waals surface area (Å²) in [5.74, 6) is -1.91. The van der Waals surface area contributed by atoms with Gasteiger partial charge in [0.25, 0.3) is 0 Å². The molecule has 82 valence electrons. The van der Waals surface area contributed by atoms with E-state index in [1.165, 1.54) is 12.3 Å². The molecule has 0 amide bonds. The summed E-state index contributed by atoms with van der Waals surface area (Å²) >= 11 is 0. The fourth-order valence-electron chi connectivity index (χ4n) is 1.39. The highest BCUT2D eigenvalue weighted by Crippen LogP contribution is 2.21. The van der Waals surface area contributed by atoms with Crippen molar-refractivity contribution >= 4 is 0 Å². The van der Waals surface area contributed by atoms with Crippen molar-refractivity contribution in [3.63, 3.8) is 0 Å². The molecule has 0 unspecified atom stereocenters. The van der Waals surface area contributed by atoms with Crippen LogP contribution < -0.4 is 0 Å². The van der Waals surface area contributed by atoms with Crippen LogP contribution in [0.3, 0.4) is 0 Å². The first-order valence-electron chi connectivity index (χ1n) is 4.72. The first kappa shape index (κ1) is 10.7. The van der Waals surface area contributed by atoms with Crippen LogP contribution in [0.1, 0.15) is 17.4 Å². The van der Waals surface area contributed by atoms with Gasteiger partial charge in [0, 0.05) is 6.20 Å². The summed E-state index contributed by atoms with van der Waals surface area (Å²) in [4.78, 5) is 3.94. The number of aromatic nitrogens is 1. The van der Waals surface area contributed by atoms with E-state index in [9.17, 15) is 13.9 Å². The van der Waals surface area contributed by atoms with Gasteiger partial charge in [-0.25, -0.2) is 8.78 Å². The largest absolute Gasteiger partial charge is 0.382 e. The zero-order valence-electron chi connectivity index (χ0n) is 8.27. The lowest BCUT2D eigenvalue weighted by molar-refractivity contribution is 0.214. The minimum absolute atomic E-state index is 0.276. The number of hydrogen-bond donors (Lipinski definition) is 1. The van der Waals surface area contributed by atoms with Crippen molar-refractivity contribution in [3.05, 3.63) is 65.5 Å². The molecule has 0 aliphatic carbocycles. The molecule has 16 heavy (non-hydrogen) atoms. The Labute approximate surface area is 91.2 Å². The van der Waals surface area contributed by atoms with E-state index in [2.05, 4.69) is 4.98 Å². The number of hydrogen-bond acceptors (Lipinski definition) is 2. The van der Waals surface area contributed by atoms with Gasteiger partial charge >= 0.3 is 0 Å². The summed E-state index contributed by atoms with van der Waals surface area (Å²) in [7, 11) is 0. The van der Waals surface area contributed by atoms with Crippen molar-refractivity contribution in [3.8, 4) is 0 Å². The Bertz CT molecular complexity index is 488. The first-order chi connectivity index (χ1) is 7.68. The van der Waals surface area contributed by atoms with E-state index in [1.807, 2.05) is 0 Å². The Morgan fingerprint density at radius 1 is 1.06 bits per heavy atom. The molecule has 1 aromatic carbocycles. The predicted octanol–water partition coefficient (Wildman–Crippen LogP) is 2.44. The summed E-state index contributed by atoms with van der Waals surface area (Å²) in [5.41, 5.74) is 0.672. The standard InChI is InChI=1S/C12H9F2NO/c13-9-5-4-8(7-10(9)14)12(16)11-3-1-2-6-15-11/h1-7,12,16H/t12-/m0/s1. The smallest absolute Gasteiger partial charge is 0.159 e. The summed E-state index contributed by atoms with van der Waals surface area (Å²) < 4.78 is 25.6. The molecule has 1 aromatic heterocycles. The van der Waals surface area contributed by atoms with E-state index >= 15 is 0 Å². The molecule has 0 aliphatic heterocycles. The lowest BCUT2D eigenvalue weighted by atomic mass is 10.1. The van der Waals surface area contributed by atoms with Crippen LogP contribution >= 0.6 is 0 Å². The van der Waals surface area contributed by atoms with Crippen LogP contribution in [0.4, 0.5) is 8.78 Å². The average molecular weight is 221 g/mol. The normalized spacial score (nSPS) is 12.4. The van der Waals surface area contributed by atoms with Crippen LogP contribution in [-0.2, 0) is 0 Å². The van der Waals surface area contributed by atoms with Gasteiger partial charge in [0.1, 0.15) is 6.10 Å². The van der Waals surface area contributed by atoms with Crippen LogP contribution in [0.2, 0.25) is 0 Å². The van der Waals surface area contributed by atoms with Crippen LogP contribution in [0.15, 0.2) is 42.6 Å². The molecular weight excluding hydrogens is 212 g/mol. The van der Waals surface area contributed by atoms with Crippen molar-refractivity contribution in [1.82, 2.24) is 4.98 Å². The maximum Gasteiger partial charge on any atom is 0.159 e. The number of nitrogens with zero attached hydrogens (tertiary/aromatic N) is 1. The van der Waals surface area contributed by atoms with E-state index in [-0.39, 0.29) is 5.56 Å². The van der Waals surface area contributed by atoms with Gasteiger partial charge in [-0.2, -0.15) is 0 Å². The molecule has 0 spiro atoms. The number of rotatable bonds is 2. The molecule has 1 heterocycles. The fourth-order valence-corrected chi connectivity index (χ4v) is 1.39. The van der Waals surface area contributed by atoms with Crippen molar-refractivity contribution in [2.24, 2.45) is 0 Å². The lowest BCUT2D eigenvalue weighted by Crippen LogP contribution is -2.02. The molecular formula is C12H9F2NO. The van der Waals surface area contributed by atoms with E-state index in [0.29, 0.717) is 5.69 Å². The van der Waals surface area contributed by atoms with Crippen molar-refractivity contribution in [1.29, 1.82) is 0 Å². The Balaban J connectivity index is 2.34. The van der Waals surface area contributed by atoms with Gasteiger partial charge in [0.2, 0.25) is 0 Å². The Morgan fingerprint density at radius 2 is 1.88 bits per heavy atom. The SMILES string of the molecule is O[C@@H](c1ccc(F)c(F)c1)c1ccccn1. The second-order valence-corrected chi connectivity index (χ2v) is 3.33. The van der Waals surface area contributed by atoms with Gasteiger partial charge in [0.15, 0.2) is 11.6 Å². The second kappa shape index (κ2) is 4.37. The first-order valence-corrected chi connectivity index (χ1v) is 4.72. The molecule has 1 N–H and O–H groups in total. The molecule has 4 heteroatoms. The summed E-state index contributed by atoms with van der Waals surface area (Å²) in [5, 5.41) is 9.86. The van der Waals surface area contributed by atoms with Crippen LogP contribution in [0.5, 0.6) is 0 Å². The van der Waals surface area contributed by atoms with Gasteiger partial charge < -0.3 is 5.11 Å². The summed E-state index contributed by atoms with van der Waals surface area (Å²) in [6, 6.07) is 8.32. The quantitative estimate of drug-likeness (QED) is 0.844. The third kappa shape index (κ3) is 2.06. The van der Waals surface area contributed by atoms with Gasteiger partial charge in [-0.1, -0.05) is 12.1 Å². The van der Waals surface area contributed by atoms with Crippen molar-refractivity contribution in [2.75, 3.05) is 0 Å². The lowest BCUT2D eigenvalue weighted by Gasteiger charge is -2.10. The third-order valence-electron chi connectivity index (χ3n) is 2.23. The number of aliphatic hydroxyl groups excluding tert-OH is 1. The molecule has 0 aliphatic rings. The van der Waals surface area contributed by atoms with E-state index in [0.717, 1.165) is 12.1 Å². The van der Waals surface area contributed by atoms with Gasteiger partial charge in [-0.05, 0) is 29.8 Å². The van der Waals surface area contributed by atoms with E-state index < -0.39 is 17.7 Å². The average Bonchev–Trinajstić information content (AvgIpc) is 2.33. The van der Waals surface area contributed by atoms with Crippen molar-refractivity contribution < 1.29 is 13.9 Å². The van der Waals surface area contributed by atoms with Crippen LogP contribution in [0, 0.1) is 11.6 Å². The Kier molecular flexibility index (Phi) is 2.92. The molecule has 0 saturated carbocycles. The molecule has 1 atom stereocenters. The maximum absolute atomic E-state index is 12.9. The number of halogens is 2. The van der Waals surface area contributed by atoms with Crippen molar-refractivity contribution in [2.45, 2.75) is 6.10 Å². The number of pyridine rings is 1. The Morgan fingerprint density at radius 3 is 2.50 bits per heavy atom. The highest BCUT2D eigenvalue weighted by molar-refractivity contribution is 5.26. The molecule has 0 fully saturated rings. The number of aliphatic hydroxyl groups is 1. The third-order valence-corrected chi connectivity index (χ3v) is 2.23. The minimum atomic E-state index is -1.05. The van der Waals surface area contributed by atoms with Crippen LogP contribution in [0.25, 0.3) is 0 Å². The number of benzene rings is 1. The maximum atomic E-state index is 12.9.